The second-order valence-corrected chi connectivity index (χ2v) is 13.5. The Kier molecular flexibility index (Phi) is 11.4. The van der Waals surface area contributed by atoms with Gasteiger partial charge in [0, 0.05) is 26.2 Å². The number of hydrogen-bond acceptors (Lipinski definition) is 7. The SMILES string of the molecule is CC(C)(C)OC(=O)NC(C)(C)C(=O)N[C@H](COCc1ccccc1)C(=O)N1CCC(C(=O)N2CCOCC2)(c2ccccc2)CC1. The van der Waals surface area contributed by atoms with Crippen molar-refractivity contribution >= 4 is 23.8 Å². The smallest absolute Gasteiger partial charge is 0.408 e. The molecule has 2 aromatic rings. The van der Waals surface area contributed by atoms with E-state index in [1.54, 1.807) is 39.5 Å². The maximum atomic E-state index is 14.0. The van der Waals surface area contributed by atoms with Gasteiger partial charge in [-0.05, 0) is 58.6 Å². The quantitative estimate of drug-likeness (QED) is 0.409. The molecule has 2 N–H and O–H groups in total. The van der Waals surface area contributed by atoms with E-state index in [-0.39, 0.29) is 25.0 Å². The summed E-state index contributed by atoms with van der Waals surface area (Å²) in [6, 6.07) is 18.3. The number of benzene rings is 2. The molecule has 2 aliphatic heterocycles. The molecular weight excluding hydrogens is 588 g/mol. The number of carbonyl (C=O) groups excluding carboxylic acids is 4. The van der Waals surface area contributed by atoms with Crippen LogP contribution < -0.4 is 10.6 Å². The Balaban J connectivity index is 1.49. The molecule has 2 saturated heterocycles. The lowest BCUT2D eigenvalue weighted by Gasteiger charge is -2.45. The second-order valence-electron chi connectivity index (χ2n) is 13.5. The summed E-state index contributed by atoms with van der Waals surface area (Å²) in [5.74, 6) is -0.812. The van der Waals surface area contributed by atoms with Gasteiger partial charge in [-0.25, -0.2) is 4.79 Å². The van der Waals surface area contributed by atoms with E-state index >= 15 is 0 Å². The number of nitrogens with one attached hydrogen (secondary N) is 2. The Bertz CT molecular complexity index is 1330. The molecule has 0 unspecified atom stereocenters. The van der Waals surface area contributed by atoms with Gasteiger partial charge >= 0.3 is 6.09 Å². The molecule has 0 aromatic heterocycles. The first kappa shape index (κ1) is 34.9. The first-order valence-electron chi connectivity index (χ1n) is 16.0. The van der Waals surface area contributed by atoms with Crippen molar-refractivity contribution in [2.45, 2.75) is 76.7 Å². The molecule has 2 aromatic carbocycles. The highest BCUT2D eigenvalue weighted by Gasteiger charge is 2.47. The van der Waals surface area contributed by atoms with Gasteiger partial charge in [-0.2, -0.15) is 0 Å². The number of amides is 4. The lowest BCUT2D eigenvalue weighted by atomic mass is 9.71. The third kappa shape index (κ3) is 9.07. The summed E-state index contributed by atoms with van der Waals surface area (Å²) >= 11 is 0. The largest absolute Gasteiger partial charge is 0.444 e. The van der Waals surface area contributed by atoms with E-state index in [9.17, 15) is 19.2 Å². The summed E-state index contributed by atoms with van der Waals surface area (Å²) in [6.07, 6.45) is 0.140. The van der Waals surface area contributed by atoms with Crippen LogP contribution >= 0.6 is 0 Å². The monoisotopic (exact) mass is 636 g/mol. The van der Waals surface area contributed by atoms with Crippen molar-refractivity contribution < 1.29 is 33.4 Å². The fraction of sp³-hybridized carbons (Fsp3) is 0.543. The van der Waals surface area contributed by atoms with Crippen LogP contribution in [0.4, 0.5) is 4.79 Å². The molecule has 46 heavy (non-hydrogen) atoms. The van der Waals surface area contributed by atoms with Crippen LogP contribution in [-0.2, 0) is 40.6 Å². The Labute approximate surface area is 271 Å². The van der Waals surface area contributed by atoms with Gasteiger partial charge < -0.3 is 34.6 Å². The van der Waals surface area contributed by atoms with E-state index in [4.69, 9.17) is 14.2 Å². The minimum Gasteiger partial charge on any atom is -0.444 e. The molecular formula is C35H48N4O7. The number of alkyl carbamates (subject to hydrolysis) is 1. The molecule has 0 saturated carbocycles. The zero-order chi connectivity index (χ0) is 33.4. The van der Waals surface area contributed by atoms with Crippen molar-refractivity contribution in [1.82, 2.24) is 20.4 Å². The van der Waals surface area contributed by atoms with Gasteiger partial charge in [0.05, 0.1) is 31.8 Å². The molecule has 11 heteroatoms. The number of nitrogens with zero attached hydrogens (tertiary/aromatic N) is 2. The number of carbonyl (C=O) groups is 4. The normalized spacial score (nSPS) is 17.5. The minimum absolute atomic E-state index is 0.0557. The van der Waals surface area contributed by atoms with Crippen LogP contribution in [0.3, 0.4) is 0 Å². The second kappa shape index (κ2) is 15.1. The van der Waals surface area contributed by atoms with Crippen molar-refractivity contribution in [3.8, 4) is 0 Å². The van der Waals surface area contributed by atoms with Gasteiger partial charge in [-0.3, -0.25) is 14.4 Å². The van der Waals surface area contributed by atoms with Crippen molar-refractivity contribution in [2.75, 3.05) is 46.0 Å². The third-order valence-electron chi connectivity index (χ3n) is 8.34. The van der Waals surface area contributed by atoms with Crippen LogP contribution in [0.25, 0.3) is 0 Å². The van der Waals surface area contributed by atoms with Gasteiger partial charge in [0.15, 0.2) is 0 Å². The lowest BCUT2D eigenvalue weighted by molar-refractivity contribution is -0.147. The zero-order valence-corrected chi connectivity index (χ0v) is 27.7. The minimum atomic E-state index is -1.38. The maximum Gasteiger partial charge on any atom is 0.408 e. The zero-order valence-electron chi connectivity index (χ0n) is 27.7. The van der Waals surface area contributed by atoms with E-state index in [0.29, 0.717) is 52.2 Å². The summed E-state index contributed by atoms with van der Waals surface area (Å²) in [7, 11) is 0. The van der Waals surface area contributed by atoms with Crippen LogP contribution in [0.1, 0.15) is 58.6 Å². The number of morpholine rings is 1. The average Bonchev–Trinajstić information content (AvgIpc) is 3.03. The molecule has 1 atom stereocenters. The summed E-state index contributed by atoms with van der Waals surface area (Å²) in [5, 5.41) is 5.42. The first-order valence-corrected chi connectivity index (χ1v) is 16.0. The summed E-state index contributed by atoms with van der Waals surface area (Å²) in [6.45, 7) is 11.2. The van der Waals surface area contributed by atoms with Crippen LogP contribution in [-0.4, -0.2) is 96.8 Å². The molecule has 2 aliphatic rings. The van der Waals surface area contributed by atoms with Crippen LogP contribution in [0.2, 0.25) is 0 Å². The molecule has 2 heterocycles. The summed E-state index contributed by atoms with van der Waals surface area (Å²) in [4.78, 5) is 57.6. The van der Waals surface area contributed by atoms with Gasteiger partial charge in [-0.15, -0.1) is 0 Å². The Morgan fingerprint density at radius 1 is 0.848 bits per heavy atom. The predicted molar refractivity (Wildman–Crippen MR) is 173 cm³/mol. The van der Waals surface area contributed by atoms with Gasteiger partial charge in [0.25, 0.3) is 0 Å². The van der Waals surface area contributed by atoms with Gasteiger partial charge in [0.1, 0.15) is 17.2 Å². The molecule has 4 amide bonds. The number of likely N-dealkylation sites (tertiary alicyclic amines) is 1. The molecule has 2 fully saturated rings. The highest BCUT2D eigenvalue weighted by molar-refractivity contribution is 5.94. The standard InChI is InChI=1S/C35H48N4O7/c1-33(2,3)46-32(43)37-34(4,5)30(41)36-28(25-45-24-26-12-8-6-9-13-26)29(40)38-18-16-35(17-19-38,27-14-10-7-11-15-27)31(42)39-20-22-44-23-21-39/h6-15,28H,16-25H2,1-5H3,(H,36,41)(H,37,43)/t28-/m1/s1. The van der Waals surface area contributed by atoms with Crippen LogP contribution in [0, 0.1) is 0 Å². The van der Waals surface area contributed by atoms with Gasteiger partial charge in [-0.1, -0.05) is 60.7 Å². The van der Waals surface area contributed by atoms with Crippen molar-refractivity contribution in [3.05, 3.63) is 71.8 Å². The maximum absolute atomic E-state index is 14.0. The highest BCUT2D eigenvalue weighted by atomic mass is 16.6. The van der Waals surface area contributed by atoms with Crippen LogP contribution in [0.15, 0.2) is 60.7 Å². The molecule has 0 radical (unpaired) electrons. The number of rotatable bonds is 10. The third-order valence-corrected chi connectivity index (χ3v) is 8.34. The predicted octanol–water partition coefficient (Wildman–Crippen LogP) is 3.41. The van der Waals surface area contributed by atoms with Crippen molar-refractivity contribution in [2.24, 2.45) is 0 Å². The molecule has 0 aliphatic carbocycles. The number of piperidine rings is 1. The van der Waals surface area contributed by atoms with Crippen molar-refractivity contribution in [1.29, 1.82) is 0 Å². The van der Waals surface area contributed by atoms with Crippen molar-refractivity contribution in [3.63, 3.8) is 0 Å². The Morgan fingerprint density at radius 2 is 1.43 bits per heavy atom. The van der Waals surface area contributed by atoms with E-state index in [1.165, 1.54) is 0 Å². The fourth-order valence-electron chi connectivity index (χ4n) is 5.78. The number of ether oxygens (including phenoxy) is 3. The first-order chi connectivity index (χ1) is 21.8. The fourth-order valence-corrected chi connectivity index (χ4v) is 5.78. The van der Waals surface area contributed by atoms with E-state index < -0.39 is 34.6 Å². The summed E-state index contributed by atoms with van der Waals surface area (Å²) < 4.78 is 16.8. The van der Waals surface area contributed by atoms with Gasteiger partial charge in [0.2, 0.25) is 17.7 Å². The van der Waals surface area contributed by atoms with Crippen LogP contribution in [0.5, 0.6) is 0 Å². The average molecular weight is 637 g/mol. The Hall–Kier alpha value is -3.96. The number of hydrogen-bond donors (Lipinski definition) is 2. The Morgan fingerprint density at radius 3 is 2.02 bits per heavy atom. The lowest BCUT2D eigenvalue weighted by Crippen LogP contribution is -2.62. The van der Waals surface area contributed by atoms with E-state index in [2.05, 4.69) is 10.6 Å². The summed E-state index contributed by atoms with van der Waals surface area (Å²) in [5.41, 5.74) is -1.02. The van der Waals surface area contributed by atoms with E-state index in [0.717, 1.165) is 11.1 Å². The topological polar surface area (TPSA) is 127 Å². The molecule has 250 valence electrons. The van der Waals surface area contributed by atoms with E-state index in [1.807, 2.05) is 65.6 Å². The molecule has 4 rings (SSSR count). The molecule has 11 nitrogen and oxygen atoms in total. The highest BCUT2D eigenvalue weighted by Crippen LogP contribution is 2.38. The molecule has 0 bridgehead atoms. The molecule has 0 spiro atoms.